The highest BCUT2D eigenvalue weighted by Gasteiger charge is 2.03. The van der Waals surface area contributed by atoms with Crippen LogP contribution in [0.4, 0.5) is 5.69 Å². The molecule has 0 aliphatic rings. The van der Waals surface area contributed by atoms with Crippen molar-refractivity contribution in [2.75, 3.05) is 11.9 Å². The van der Waals surface area contributed by atoms with Crippen LogP contribution in [0.1, 0.15) is 19.4 Å². The predicted octanol–water partition coefficient (Wildman–Crippen LogP) is 2.63. The highest BCUT2D eigenvalue weighted by atomic mass is 16.4. The number of hydrogen-bond acceptors (Lipinski definition) is 2. The number of benzene rings is 1. The summed E-state index contributed by atoms with van der Waals surface area (Å²) in [5.74, 6) is -0.927. The number of carboxylic acid groups (broad SMARTS) is 1. The van der Waals surface area contributed by atoms with E-state index in [0.29, 0.717) is 6.04 Å². The quantitative estimate of drug-likeness (QED) is 0.791. The molecule has 0 heterocycles. The first kappa shape index (κ1) is 12.3. The number of hydrogen-bond donors (Lipinski definition) is 1. The molecule has 0 saturated carbocycles. The molecule has 0 spiro atoms. The zero-order valence-electron chi connectivity index (χ0n) is 9.84. The number of rotatable bonds is 4. The molecule has 3 heteroatoms. The van der Waals surface area contributed by atoms with Gasteiger partial charge >= 0.3 is 5.97 Å². The van der Waals surface area contributed by atoms with Gasteiger partial charge in [0.15, 0.2) is 0 Å². The van der Waals surface area contributed by atoms with Gasteiger partial charge in [0.25, 0.3) is 0 Å². The van der Waals surface area contributed by atoms with Crippen LogP contribution in [-0.2, 0) is 4.79 Å². The average molecular weight is 219 g/mol. The van der Waals surface area contributed by atoms with E-state index in [1.54, 1.807) is 6.08 Å². The Morgan fingerprint density at radius 3 is 2.31 bits per heavy atom. The summed E-state index contributed by atoms with van der Waals surface area (Å²) in [5, 5.41) is 8.50. The topological polar surface area (TPSA) is 40.5 Å². The molecule has 0 aromatic heterocycles. The summed E-state index contributed by atoms with van der Waals surface area (Å²) < 4.78 is 0. The van der Waals surface area contributed by atoms with E-state index in [-0.39, 0.29) is 0 Å². The molecule has 0 atom stereocenters. The van der Waals surface area contributed by atoms with E-state index in [0.717, 1.165) is 17.3 Å². The fourth-order valence-corrected chi connectivity index (χ4v) is 1.29. The lowest BCUT2D eigenvalue weighted by Gasteiger charge is -2.23. The second-order valence-electron chi connectivity index (χ2n) is 3.97. The van der Waals surface area contributed by atoms with Gasteiger partial charge in [-0.05, 0) is 37.6 Å². The summed E-state index contributed by atoms with van der Waals surface area (Å²) in [6.07, 6.45) is 2.72. The Kier molecular flexibility index (Phi) is 4.11. The van der Waals surface area contributed by atoms with Gasteiger partial charge in [-0.2, -0.15) is 0 Å². The molecule has 1 rings (SSSR count). The van der Waals surface area contributed by atoms with Gasteiger partial charge in [0.1, 0.15) is 0 Å². The van der Waals surface area contributed by atoms with Crippen LogP contribution in [0.15, 0.2) is 30.3 Å². The summed E-state index contributed by atoms with van der Waals surface area (Å²) >= 11 is 0. The maximum absolute atomic E-state index is 10.3. The van der Waals surface area contributed by atoms with Crippen molar-refractivity contribution in [3.05, 3.63) is 35.9 Å². The molecule has 0 aliphatic heterocycles. The molecule has 86 valence electrons. The molecule has 0 amide bonds. The number of aliphatic carboxylic acids is 1. The minimum atomic E-state index is -0.927. The van der Waals surface area contributed by atoms with E-state index < -0.39 is 5.97 Å². The normalized spacial score (nSPS) is 11.0. The third-order valence-electron chi connectivity index (χ3n) is 2.49. The van der Waals surface area contributed by atoms with Crippen LogP contribution in [0, 0.1) is 0 Å². The lowest BCUT2D eigenvalue weighted by molar-refractivity contribution is -0.131. The largest absolute Gasteiger partial charge is 0.478 e. The molecule has 3 nitrogen and oxygen atoms in total. The van der Waals surface area contributed by atoms with E-state index >= 15 is 0 Å². The zero-order valence-corrected chi connectivity index (χ0v) is 9.84. The molecule has 0 saturated heterocycles. The van der Waals surface area contributed by atoms with Crippen LogP contribution in [-0.4, -0.2) is 24.2 Å². The number of carboxylic acids is 1. The minimum Gasteiger partial charge on any atom is -0.478 e. The zero-order chi connectivity index (χ0) is 12.1. The molecule has 0 aliphatic carbocycles. The van der Waals surface area contributed by atoms with Crippen LogP contribution in [0.25, 0.3) is 6.08 Å². The highest BCUT2D eigenvalue weighted by molar-refractivity contribution is 5.85. The molecular weight excluding hydrogens is 202 g/mol. The number of carbonyl (C=O) groups is 1. The molecule has 0 unspecified atom stereocenters. The van der Waals surface area contributed by atoms with E-state index in [9.17, 15) is 4.79 Å². The third kappa shape index (κ3) is 3.42. The second-order valence-corrected chi connectivity index (χ2v) is 3.97. The third-order valence-corrected chi connectivity index (χ3v) is 2.49. The molecule has 1 aromatic rings. The minimum absolute atomic E-state index is 0.445. The van der Waals surface area contributed by atoms with E-state index in [2.05, 4.69) is 18.7 Å². The molecule has 1 aromatic carbocycles. The van der Waals surface area contributed by atoms with Crippen molar-refractivity contribution in [1.29, 1.82) is 0 Å². The van der Waals surface area contributed by atoms with Crippen LogP contribution >= 0.6 is 0 Å². The Labute approximate surface area is 96.0 Å². The Bertz CT molecular complexity index is 379. The van der Waals surface area contributed by atoms with E-state index in [4.69, 9.17) is 5.11 Å². The first-order valence-corrected chi connectivity index (χ1v) is 5.24. The summed E-state index contributed by atoms with van der Waals surface area (Å²) in [6.45, 7) is 4.25. The van der Waals surface area contributed by atoms with Gasteiger partial charge in [-0.1, -0.05) is 12.1 Å². The Balaban J connectivity index is 2.79. The summed E-state index contributed by atoms with van der Waals surface area (Å²) in [6, 6.07) is 8.24. The van der Waals surface area contributed by atoms with Crippen molar-refractivity contribution in [1.82, 2.24) is 0 Å². The van der Waals surface area contributed by atoms with Gasteiger partial charge < -0.3 is 10.0 Å². The van der Waals surface area contributed by atoms with Gasteiger partial charge in [0.2, 0.25) is 0 Å². The lowest BCUT2D eigenvalue weighted by atomic mass is 10.1. The van der Waals surface area contributed by atoms with E-state index in [1.807, 2.05) is 31.3 Å². The molecule has 0 radical (unpaired) electrons. The molecule has 16 heavy (non-hydrogen) atoms. The Hall–Kier alpha value is -1.77. The Morgan fingerprint density at radius 1 is 1.31 bits per heavy atom. The number of anilines is 1. The van der Waals surface area contributed by atoms with Crippen molar-refractivity contribution in [2.24, 2.45) is 0 Å². The van der Waals surface area contributed by atoms with Gasteiger partial charge in [0.05, 0.1) is 0 Å². The summed E-state index contributed by atoms with van der Waals surface area (Å²) in [4.78, 5) is 12.5. The summed E-state index contributed by atoms with van der Waals surface area (Å²) in [5.41, 5.74) is 2.02. The average Bonchev–Trinajstić information content (AvgIpc) is 2.26. The van der Waals surface area contributed by atoms with Gasteiger partial charge in [0, 0.05) is 24.9 Å². The van der Waals surface area contributed by atoms with Crippen LogP contribution in [0.5, 0.6) is 0 Å². The van der Waals surface area contributed by atoms with Crippen LogP contribution < -0.4 is 4.90 Å². The summed E-state index contributed by atoms with van der Waals surface area (Å²) in [7, 11) is 2.03. The first-order valence-electron chi connectivity index (χ1n) is 5.24. The Morgan fingerprint density at radius 2 is 1.88 bits per heavy atom. The second kappa shape index (κ2) is 5.35. The monoisotopic (exact) mass is 219 g/mol. The maximum atomic E-state index is 10.3. The maximum Gasteiger partial charge on any atom is 0.328 e. The van der Waals surface area contributed by atoms with Crippen molar-refractivity contribution < 1.29 is 9.90 Å². The first-order chi connectivity index (χ1) is 7.50. The molecular formula is C13H17NO2. The predicted molar refractivity (Wildman–Crippen MR) is 66.7 cm³/mol. The number of nitrogens with zero attached hydrogens (tertiary/aromatic N) is 1. The molecule has 0 fully saturated rings. The van der Waals surface area contributed by atoms with E-state index in [1.165, 1.54) is 0 Å². The SMILES string of the molecule is CC(C)N(C)c1ccc(/C=C/C(=O)O)cc1. The molecule has 1 N–H and O–H groups in total. The molecule has 0 bridgehead atoms. The van der Waals surface area contributed by atoms with Crippen molar-refractivity contribution in [3.63, 3.8) is 0 Å². The highest BCUT2D eigenvalue weighted by Crippen LogP contribution is 2.16. The van der Waals surface area contributed by atoms with Crippen LogP contribution in [0.2, 0.25) is 0 Å². The standard InChI is InChI=1S/C13H17NO2/c1-10(2)14(3)12-7-4-11(5-8-12)6-9-13(15)16/h4-10H,1-3H3,(H,15,16)/b9-6+. The van der Waals surface area contributed by atoms with Gasteiger partial charge in [-0.15, -0.1) is 0 Å². The fraction of sp³-hybridized carbons (Fsp3) is 0.308. The van der Waals surface area contributed by atoms with Crippen LogP contribution in [0.3, 0.4) is 0 Å². The van der Waals surface area contributed by atoms with Gasteiger partial charge in [-0.3, -0.25) is 0 Å². The lowest BCUT2D eigenvalue weighted by Crippen LogP contribution is -2.25. The van der Waals surface area contributed by atoms with Crippen molar-refractivity contribution in [3.8, 4) is 0 Å². The smallest absolute Gasteiger partial charge is 0.328 e. The van der Waals surface area contributed by atoms with Crippen molar-refractivity contribution in [2.45, 2.75) is 19.9 Å². The van der Waals surface area contributed by atoms with Crippen molar-refractivity contribution >= 4 is 17.7 Å². The van der Waals surface area contributed by atoms with Gasteiger partial charge in [-0.25, -0.2) is 4.79 Å². The fourth-order valence-electron chi connectivity index (χ4n) is 1.29.